The SMILES string of the molecule is CC(C)N(CCCO)CCCN(C)C. The molecule has 86 valence electrons. The van der Waals surface area contributed by atoms with Gasteiger partial charge in [0.15, 0.2) is 0 Å². The lowest BCUT2D eigenvalue weighted by Crippen LogP contribution is -2.34. The minimum Gasteiger partial charge on any atom is -0.396 e. The quantitative estimate of drug-likeness (QED) is 0.637. The molecular weight excluding hydrogens is 176 g/mol. The molecular formula is C11H26N2O. The van der Waals surface area contributed by atoms with Crippen molar-refractivity contribution in [2.75, 3.05) is 40.3 Å². The Kier molecular flexibility index (Phi) is 8.14. The molecule has 0 aliphatic heterocycles. The lowest BCUT2D eigenvalue weighted by Gasteiger charge is -2.26. The van der Waals surface area contributed by atoms with Crippen LogP contribution < -0.4 is 0 Å². The van der Waals surface area contributed by atoms with Crippen molar-refractivity contribution in [3.63, 3.8) is 0 Å². The number of aliphatic hydroxyl groups excluding tert-OH is 1. The van der Waals surface area contributed by atoms with Crippen LogP contribution in [0.25, 0.3) is 0 Å². The first-order valence-electron chi connectivity index (χ1n) is 5.57. The van der Waals surface area contributed by atoms with Crippen molar-refractivity contribution in [3.05, 3.63) is 0 Å². The summed E-state index contributed by atoms with van der Waals surface area (Å²) in [7, 11) is 4.21. The first kappa shape index (κ1) is 13.9. The van der Waals surface area contributed by atoms with E-state index in [4.69, 9.17) is 5.11 Å². The van der Waals surface area contributed by atoms with Gasteiger partial charge < -0.3 is 14.9 Å². The Labute approximate surface area is 88.7 Å². The summed E-state index contributed by atoms with van der Waals surface area (Å²) in [6, 6.07) is 0.587. The highest BCUT2D eigenvalue weighted by molar-refractivity contribution is 4.63. The number of aliphatic hydroxyl groups is 1. The molecule has 0 aromatic rings. The van der Waals surface area contributed by atoms with Gasteiger partial charge in [-0.15, -0.1) is 0 Å². The third-order valence-corrected chi connectivity index (χ3v) is 2.38. The van der Waals surface area contributed by atoms with Crippen molar-refractivity contribution in [2.45, 2.75) is 32.7 Å². The fourth-order valence-electron chi connectivity index (χ4n) is 1.49. The molecule has 0 rings (SSSR count). The summed E-state index contributed by atoms with van der Waals surface area (Å²) >= 11 is 0. The summed E-state index contributed by atoms with van der Waals surface area (Å²) in [6.07, 6.45) is 2.09. The zero-order chi connectivity index (χ0) is 11.0. The lowest BCUT2D eigenvalue weighted by molar-refractivity contribution is 0.184. The molecule has 0 aromatic heterocycles. The second kappa shape index (κ2) is 8.21. The van der Waals surface area contributed by atoms with Gasteiger partial charge in [-0.05, 0) is 53.9 Å². The average Bonchev–Trinajstić information content (AvgIpc) is 2.09. The van der Waals surface area contributed by atoms with Crippen LogP contribution in [0.3, 0.4) is 0 Å². The zero-order valence-electron chi connectivity index (χ0n) is 10.2. The first-order valence-corrected chi connectivity index (χ1v) is 5.57. The molecule has 0 aliphatic rings. The summed E-state index contributed by atoms with van der Waals surface area (Å²) in [5.74, 6) is 0. The third kappa shape index (κ3) is 7.30. The van der Waals surface area contributed by atoms with Crippen LogP contribution in [-0.4, -0.2) is 61.3 Å². The Balaban J connectivity index is 3.62. The van der Waals surface area contributed by atoms with E-state index in [0.29, 0.717) is 12.6 Å². The fourth-order valence-corrected chi connectivity index (χ4v) is 1.49. The summed E-state index contributed by atoms with van der Waals surface area (Å²) in [4.78, 5) is 4.64. The predicted molar refractivity (Wildman–Crippen MR) is 61.6 cm³/mol. The van der Waals surface area contributed by atoms with E-state index in [1.54, 1.807) is 0 Å². The van der Waals surface area contributed by atoms with Crippen LogP contribution in [0.15, 0.2) is 0 Å². The van der Waals surface area contributed by atoms with Gasteiger partial charge in [0.25, 0.3) is 0 Å². The molecule has 0 saturated heterocycles. The minimum absolute atomic E-state index is 0.302. The highest BCUT2D eigenvalue weighted by Crippen LogP contribution is 2.01. The minimum atomic E-state index is 0.302. The van der Waals surface area contributed by atoms with Crippen molar-refractivity contribution in [3.8, 4) is 0 Å². The van der Waals surface area contributed by atoms with Crippen molar-refractivity contribution in [1.82, 2.24) is 9.80 Å². The van der Waals surface area contributed by atoms with Crippen LogP contribution in [-0.2, 0) is 0 Å². The van der Waals surface area contributed by atoms with Crippen LogP contribution in [0.1, 0.15) is 26.7 Å². The summed E-state index contributed by atoms with van der Waals surface area (Å²) < 4.78 is 0. The Morgan fingerprint density at radius 2 is 1.57 bits per heavy atom. The molecule has 0 unspecified atom stereocenters. The van der Waals surface area contributed by atoms with Crippen LogP contribution in [0.4, 0.5) is 0 Å². The summed E-state index contributed by atoms with van der Waals surface area (Å²) in [5.41, 5.74) is 0. The first-order chi connectivity index (χ1) is 6.57. The maximum Gasteiger partial charge on any atom is 0.0443 e. The number of hydrogen-bond acceptors (Lipinski definition) is 3. The molecule has 3 nitrogen and oxygen atoms in total. The van der Waals surface area contributed by atoms with Crippen LogP contribution >= 0.6 is 0 Å². The summed E-state index contributed by atoms with van der Waals surface area (Å²) in [6.45, 7) is 8.02. The highest BCUT2D eigenvalue weighted by Gasteiger charge is 2.07. The average molecular weight is 202 g/mol. The number of hydrogen-bond donors (Lipinski definition) is 1. The molecule has 0 saturated carbocycles. The highest BCUT2D eigenvalue weighted by atomic mass is 16.3. The Morgan fingerprint density at radius 1 is 1.00 bits per heavy atom. The van der Waals surface area contributed by atoms with E-state index in [0.717, 1.165) is 26.1 Å². The molecule has 0 amide bonds. The standard InChI is InChI=1S/C11H26N2O/c1-11(2)13(9-6-10-14)8-5-7-12(3)4/h11,14H,5-10H2,1-4H3. The molecule has 0 aromatic carbocycles. The number of rotatable bonds is 8. The molecule has 0 radical (unpaired) electrons. The van der Waals surface area contributed by atoms with Gasteiger partial charge in [-0.1, -0.05) is 0 Å². The predicted octanol–water partition coefficient (Wildman–Crippen LogP) is 1.03. The lowest BCUT2D eigenvalue weighted by atomic mass is 10.2. The van der Waals surface area contributed by atoms with Crippen LogP contribution in [0.5, 0.6) is 0 Å². The smallest absolute Gasteiger partial charge is 0.0443 e. The Hall–Kier alpha value is -0.120. The molecule has 14 heavy (non-hydrogen) atoms. The van der Waals surface area contributed by atoms with Crippen molar-refractivity contribution in [1.29, 1.82) is 0 Å². The summed E-state index contributed by atoms with van der Waals surface area (Å²) in [5, 5.41) is 8.78. The van der Waals surface area contributed by atoms with Crippen molar-refractivity contribution in [2.24, 2.45) is 0 Å². The molecule has 0 spiro atoms. The van der Waals surface area contributed by atoms with Gasteiger partial charge in [0.05, 0.1) is 0 Å². The number of nitrogens with zero attached hydrogens (tertiary/aromatic N) is 2. The zero-order valence-corrected chi connectivity index (χ0v) is 10.2. The molecule has 3 heteroatoms. The normalized spacial score (nSPS) is 12.0. The van der Waals surface area contributed by atoms with Crippen molar-refractivity contribution < 1.29 is 5.11 Å². The van der Waals surface area contributed by atoms with E-state index in [1.165, 1.54) is 6.42 Å². The fraction of sp³-hybridized carbons (Fsp3) is 1.00. The second-order valence-electron chi connectivity index (χ2n) is 4.36. The third-order valence-electron chi connectivity index (χ3n) is 2.38. The van der Waals surface area contributed by atoms with E-state index in [1.807, 2.05) is 0 Å². The van der Waals surface area contributed by atoms with Crippen molar-refractivity contribution >= 4 is 0 Å². The molecule has 0 aliphatic carbocycles. The maximum absolute atomic E-state index is 8.78. The molecule has 0 atom stereocenters. The van der Waals surface area contributed by atoms with E-state index < -0.39 is 0 Å². The van der Waals surface area contributed by atoms with E-state index >= 15 is 0 Å². The van der Waals surface area contributed by atoms with Gasteiger partial charge in [-0.2, -0.15) is 0 Å². The van der Waals surface area contributed by atoms with Crippen LogP contribution in [0, 0.1) is 0 Å². The van der Waals surface area contributed by atoms with E-state index in [9.17, 15) is 0 Å². The van der Waals surface area contributed by atoms with Gasteiger partial charge >= 0.3 is 0 Å². The largest absolute Gasteiger partial charge is 0.396 e. The monoisotopic (exact) mass is 202 g/mol. The van der Waals surface area contributed by atoms with E-state index in [-0.39, 0.29) is 0 Å². The van der Waals surface area contributed by atoms with Gasteiger partial charge in [-0.3, -0.25) is 0 Å². The van der Waals surface area contributed by atoms with Gasteiger partial charge in [0.2, 0.25) is 0 Å². The Bertz CT molecular complexity index is 126. The maximum atomic E-state index is 8.78. The molecule has 0 bridgehead atoms. The molecule has 1 N–H and O–H groups in total. The van der Waals surface area contributed by atoms with Gasteiger partial charge in [0.1, 0.15) is 0 Å². The molecule has 0 heterocycles. The van der Waals surface area contributed by atoms with Crippen LogP contribution in [0.2, 0.25) is 0 Å². The second-order valence-corrected chi connectivity index (χ2v) is 4.36. The van der Waals surface area contributed by atoms with Gasteiger partial charge in [-0.25, -0.2) is 0 Å². The topological polar surface area (TPSA) is 26.7 Å². The Morgan fingerprint density at radius 3 is 2.00 bits per heavy atom. The molecule has 0 fully saturated rings. The van der Waals surface area contributed by atoms with Gasteiger partial charge in [0, 0.05) is 19.2 Å². The van der Waals surface area contributed by atoms with E-state index in [2.05, 4.69) is 37.7 Å².